The summed E-state index contributed by atoms with van der Waals surface area (Å²) in [6.07, 6.45) is 2.01. The highest BCUT2D eigenvalue weighted by atomic mass is 35.5. The number of rotatable bonds is 6. The van der Waals surface area contributed by atoms with Crippen molar-refractivity contribution in [3.05, 3.63) is 83.5 Å². The number of halogens is 1. The smallest absolute Gasteiger partial charge is 0.224 e. The molecule has 0 bridgehead atoms. The van der Waals surface area contributed by atoms with Gasteiger partial charge in [-0.3, -0.25) is 4.79 Å². The van der Waals surface area contributed by atoms with Gasteiger partial charge in [-0.2, -0.15) is 0 Å². The number of hydrogen-bond donors (Lipinski definition) is 1. The normalized spacial score (nSPS) is 10.9. The number of fused-ring (bicyclic) bond motifs is 1. The summed E-state index contributed by atoms with van der Waals surface area (Å²) in [7, 11) is 0. The maximum atomic E-state index is 12.3. The van der Waals surface area contributed by atoms with E-state index in [2.05, 4.69) is 10.3 Å². The van der Waals surface area contributed by atoms with E-state index in [1.54, 1.807) is 12.3 Å². The lowest BCUT2D eigenvalue weighted by atomic mass is 10.1. The van der Waals surface area contributed by atoms with Crippen molar-refractivity contribution in [2.45, 2.75) is 13.0 Å². The molecular formula is C22H19ClN4O. The third-order valence-corrected chi connectivity index (χ3v) is 4.87. The molecule has 0 atom stereocenters. The Bertz CT molecular complexity index is 1110. The lowest BCUT2D eigenvalue weighted by Crippen LogP contribution is -2.28. The molecule has 2 aromatic carbocycles. The van der Waals surface area contributed by atoms with Gasteiger partial charge in [0.25, 0.3) is 0 Å². The molecule has 0 radical (unpaired) electrons. The van der Waals surface area contributed by atoms with Gasteiger partial charge in [-0.05, 0) is 23.8 Å². The molecule has 0 aliphatic rings. The van der Waals surface area contributed by atoms with E-state index in [1.807, 2.05) is 65.2 Å². The quantitative estimate of drug-likeness (QED) is 0.539. The van der Waals surface area contributed by atoms with Gasteiger partial charge in [0.1, 0.15) is 11.3 Å². The van der Waals surface area contributed by atoms with Crippen LogP contribution in [-0.2, 0) is 17.8 Å². The van der Waals surface area contributed by atoms with E-state index in [4.69, 9.17) is 16.6 Å². The molecule has 1 N–H and O–H groups in total. The van der Waals surface area contributed by atoms with Crippen LogP contribution in [0.3, 0.4) is 0 Å². The Morgan fingerprint density at radius 3 is 2.61 bits per heavy atom. The molecule has 140 valence electrons. The van der Waals surface area contributed by atoms with Gasteiger partial charge in [-0.1, -0.05) is 60.1 Å². The number of amides is 1. The summed E-state index contributed by atoms with van der Waals surface area (Å²) in [6, 6.07) is 21.2. The number of aromatic nitrogens is 3. The third kappa shape index (κ3) is 3.89. The number of carbonyl (C=O) groups excluding carboxylic acids is 1. The van der Waals surface area contributed by atoms with Crippen LogP contribution in [0.1, 0.15) is 5.56 Å². The summed E-state index contributed by atoms with van der Waals surface area (Å²) in [5.41, 5.74) is 3.48. The molecular weight excluding hydrogens is 372 g/mol. The third-order valence-electron chi connectivity index (χ3n) is 4.50. The first-order valence-electron chi connectivity index (χ1n) is 9.09. The van der Waals surface area contributed by atoms with Crippen molar-refractivity contribution in [2.75, 3.05) is 6.54 Å². The summed E-state index contributed by atoms with van der Waals surface area (Å²) in [6.45, 7) is 1.05. The van der Waals surface area contributed by atoms with E-state index >= 15 is 0 Å². The molecule has 0 aliphatic carbocycles. The maximum Gasteiger partial charge on any atom is 0.224 e. The van der Waals surface area contributed by atoms with Gasteiger partial charge in [0.05, 0.1) is 6.42 Å². The first kappa shape index (κ1) is 18.2. The summed E-state index contributed by atoms with van der Waals surface area (Å²) in [5, 5.41) is 3.57. The highest BCUT2D eigenvalue weighted by Gasteiger charge is 2.13. The van der Waals surface area contributed by atoms with Crippen LogP contribution in [0, 0.1) is 0 Å². The van der Waals surface area contributed by atoms with Crippen LogP contribution < -0.4 is 5.32 Å². The van der Waals surface area contributed by atoms with Crippen LogP contribution in [0.2, 0.25) is 5.02 Å². The van der Waals surface area contributed by atoms with Crippen molar-refractivity contribution in [1.29, 1.82) is 0 Å². The summed E-state index contributed by atoms with van der Waals surface area (Å²) in [4.78, 5) is 21.5. The fraction of sp³-hybridized carbons (Fsp3) is 0.136. The van der Waals surface area contributed by atoms with Crippen LogP contribution in [0.15, 0.2) is 72.9 Å². The Balaban J connectivity index is 1.50. The summed E-state index contributed by atoms with van der Waals surface area (Å²) < 4.78 is 2.04. The van der Waals surface area contributed by atoms with Crippen molar-refractivity contribution >= 4 is 28.7 Å². The molecule has 28 heavy (non-hydrogen) atoms. The number of nitrogens with zero attached hydrogens (tertiary/aromatic N) is 3. The second kappa shape index (κ2) is 8.23. The molecule has 1 amide bonds. The minimum Gasteiger partial charge on any atom is -0.354 e. The number of carbonyl (C=O) groups is 1. The van der Waals surface area contributed by atoms with Crippen LogP contribution in [0.4, 0.5) is 0 Å². The molecule has 4 aromatic rings. The Morgan fingerprint density at radius 2 is 1.79 bits per heavy atom. The first-order chi connectivity index (χ1) is 13.7. The molecule has 2 heterocycles. The number of nitrogens with one attached hydrogen (secondary N) is 1. The van der Waals surface area contributed by atoms with Gasteiger partial charge in [0.2, 0.25) is 5.91 Å². The average Bonchev–Trinajstić information content (AvgIpc) is 3.09. The van der Waals surface area contributed by atoms with Crippen molar-refractivity contribution in [1.82, 2.24) is 19.9 Å². The number of benzene rings is 2. The predicted octanol–water partition coefficient (Wildman–Crippen LogP) is 4.11. The Labute approximate surface area is 168 Å². The lowest BCUT2D eigenvalue weighted by Gasteiger charge is -2.10. The van der Waals surface area contributed by atoms with Crippen molar-refractivity contribution in [3.63, 3.8) is 0 Å². The molecule has 0 fully saturated rings. The topological polar surface area (TPSA) is 59.8 Å². The second-order valence-corrected chi connectivity index (χ2v) is 6.82. The molecule has 2 aromatic heterocycles. The average molecular weight is 391 g/mol. The fourth-order valence-corrected chi connectivity index (χ4v) is 3.36. The molecule has 0 unspecified atom stereocenters. The second-order valence-electron chi connectivity index (χ2n) is 6.42. The van der Waals surface area contributed by atoms with Gasteiger partial charge in [0.15, 0.2) is 5.65 Å². The predicted molar refractivity (Wildman–Crippen MR) is 111 cm³/mol. The number of pyridine rings is 1. The zero-order valence-electron chi connectivity index (χ0n) is 15.2. The number of hydrogen-bond acceptors (Lipinski definition) is 3. The molecule has 5 nitrogen and oxygen atoms in total. The van der Waals surface area contributed by atoms with E-state index < -0.39 is 0 Å². The fourth-order valence-electron chi connectivity index (χ4n) is 3.16. The van der Waals surface area contributed by atoms with E-state index in [-0.39, 0.29) is 12.3 Å². The van der Waals surface area contributed by atoms with Crippen LogP contribution in [-0.4, -0.2) is 27.0 Å². The van der Waals surface area contributed by atoms with Gasteiger partial charge >= 0.3 is 0 Å². The highest BCUT2D eigenvalue weighted by molar-refractivity contribution is 6.31. The van der Waals surface area contributed by atoms with Crippen molar-refractivity contribution in [3.8, 4) is 11.4 Å². The SMILES string of the molecule is O=C(Cc1ccccc1Cl)NCCn1c(-c2ccccc2)nc2cccnc21. The monoisotopic (exact) mass is 390 g/mol. The maximum absolute atomic E-state index is 12.3. The highest BCUT2D eigenvalue weighted by Crippen LogP contribution is 2.23. The first-order valence-corrected chi connectivity index (χ1v) is 9.47. The molecule has 0 aliphatic heterocycles. The molecule has 4 rings (SSSR count). The summed E-state index contributed by atoms with van der Waals surface area (Å²) in [5.74, 6) is 0.779. The Morgan fingerprint density at radius 1 is 1.00 bits per heavy atom. The van der Waals surface area contributed by atoms with Crippen LogP contribution >= 0.6 is 11.6 Å². The van der Waals surface area contributed by atoms with Crippen molar-refractivity contribution in [2.24, 2.45) is 0 Å². The standard InChI is InChI=1S/C22H19ClN4O/c23-18-10-5-4-9-17(18)15-20(28)24-13-14-27-21(16-7-2-1-3-8-16)26-19-11-6-12-25-22(19)27/h1-12H,13-15H2,(H,24,28). The minimum absolute atomic E-state index is 0.0632. The Kier molecular flexibility index (Phi) is 5.35. The van der Waals surface area contributed by atoms with E-state index in [9.17, 15) is 4.79 Å². The molecule has 0 spiro atoms. The van der Waals surface area contributed by atoms with E-state index in [0.717, 1.165) is 28.1 Å². The van der Waals surface area contributed by atoms with Crippen molar-refractivity contribution < 1.29 is 4.79 Å². The summed E-state index contributed by atoms with van der Waals surface area (Å²) >= 11 is 6.14. The van der Waals surface area contributed by atoms with E-state index in [0.29, 0.717) is 18.1 Å². The zero-order chi connectivity index (χ0) is 19.3. The Hall–Kier alpha value is -3.18. The molecule has 0 saturated heterocycles. The lowest BCUT2D eigenvalue weighted by molar-refractivity contribution is -0.120. The van der Waals surface area contributed by atoms with Gasteiger partial charge in [-0.25, -0.2) is 9.97 Å². The van der Waals surface area contributed by atoms with Gasteiger partial charge in [-0.15, -0.1) is 0 Å². The van der Waals surface area contributed by atoms with Crippen LogP contribution in [0.5, 0.6) is 0 Å². The largest absolute Gasteiger partial charge is 0.354 e. The minimum atomic E-state index is -0.0632. The van der Waals surface area contributed by atoms with Gasteiger partial charge in [0, 0.05) is 29.9 Å². The van der Waals surface area contributed by atoms with Crippen LogP contribution in [0.25, 0.3) is 22.6 Å². The molecule has 6 heteroatoms. The van der Waals surface area contributed by atoms with E-state index in [1.165, 1.54) is 0 Å². The number of imidazole rings is 1. The zero-order valence-corrected chi connectivity index (χ0v) is 15.9. The van der Waals surface area contributed by atoms with Gasteiger partial charge < -0.3 is 9.88 Å². The molecule has 0 saturated carbocycles.